The fraction of sp³-hybridized carbons (Fsp3) is 0.0385. The number of nitrogens with zero attached hydrogens (tertiary/aromatic N) is 4. The van der Waals surface area contributed by atoms with E-state index in [0.717, 1.165) is 5.69 Å². The highest BCUT2D eigenvalue weighted by molar-refractivity contribution is 6.30. The number of carbonyl (C=O) groups excluding carboxylic acids is 2. The largest absolute Gasteiger partial charge is 0.366 e. The molecule has 10 nitrogen and oxygen atoms in total. The number of rotatable bonds is 7. The summed E-state index contributed by atoms with van der Waals surface area (Å²) in [4.78, 5) is 42.4. The number of hydrogen-bond donors (Lipinski definition) is 4. The van der Waals surface area contributed by atoms with Crippen LogP contribution in [0.5, 0.6) is 0 Å². The van der Waals surface area contributed by atoms with Gasteiger partial charge in [-0.3, -0.25) is 14.9 Å². The van der Waals surface area contributed by atoms with E-state index in [1.54, 1.807) is 54.7 Å². The fourth-order valence-electron chi connectivity index (χ4n) is 3.70. The maximum absolute atomic E-state index is 12.7. The third kappa shape index (κ3) is 5.19. The molecule has 0 atom stereocenters. The summed E-state index contributed by atoms with van der Waals surface area (Å²) in [5, 5.41) is 6.51. The molecule has 3 aromatic carbocycles. The van der Waals surface area contributed by atoms with Gasteiger partial charge in [-0.05, 0) is 66.7 Å². The summed E-state index contributed by atoms with van der Waals surface area (Å²) in [6.45, 7) is 0. The van der Waals surface area contributed by atoms with Gasteiger partial charge in [0.05, 0.1) is 11.1 Å². The van der Waals surface area contributed by atoms with E-state index in [4.69, 9.17) is 17.3 Å². The number of carbonyl (C=O) groups is 2. The molecule has 2 aromatic heterocycles. The summed E-state index contributed by atoms with van der Waals surface area (Å²) in [6, 6.07) is 21.1. The van der Waals surface area contributed by atoms with E-state index in [1.807, 2.05) is 36.2 Å². The summed E-state index contributed by atoms with van der Waals surface area (Å²) in [5.41, 5.74) is 8.72. The van der Waals surface area contributed by atoms with Gasteiger partial charge in [0.15, 0.2) is 0 Å². The van der Waals surface area contributed by atoms with Crippen LogP contribution < -0.4 is 21.3 Å². The van der Waals surface area contributed by atoms with Crippen LogP contribution in [0.15, 0.2) is 79.0 Å². The predicted octanol–water partition coefficient (Wildman–Crippen LogP) is 4.87. The lowest BCUT2D eigenvalue weighted by molar-refractivity contribution is 0.0999. The molecule has 5 rings (SSSR count). The number of amides is 2. The number of nitrogens with one attached hydrogen (secondary N) is 3. The number of primary amides is 1. The molecule has 0 radical (unpaired) electrons. The first-order valence-electron chi connectivity index (χ1n) is 11.2. The highest BCUT2D eigenvalue weighted by Gasteiger charge is 2.14. The Kier molecular flexibility index (Phi) is 6.40. The van der Waals surface area contributed by atoms with Crippen LogP contribution in [0.1, 0.15) is 20.7 Å². The number of aromatic amines is 1. The average molecular weight is 513 g/mol. The van der Waals surface area contributed by atoms with Gasteiger partial charge >= 0.3 is 0 Å². The third-order valence-electron chi connectivity index (χ3n) is 5.61. The molecular weight excluding hydrogens is 492 g/mol. The fourth-order valence-corrected chi connectivity index (χ4v) is 3.82. The Bertz CT molecular complexity index is 1600. The molecule has 0 fully saturated rings. The molecule has 0 unspecified atom stereocenters. The van der Waals surface area contributed by atoms with E-state index in [2.05, 4.69) is 30.6 Å². The zero-order valence-corrected chi connectivity index (χ0v) is 20.3. The number of aromatic nitrogens is 4. The molecule has 184 valence electrons. The lowest BCUT2D eigenvalue weighted by Crippen LogP contribution is -2.13. The molecule has 11 heteroatoms. The second-order valence-corrected chi connectivity index (χ2v) is 8.52. The Labute approximate surface area is 216 Å². The number of imidazole rings is 1. The van der Waals surface area contributed by atoms with Crippen molar-refractivity contribution in [3.05, 3.63) is 95.1 Å². The SMILES string of the molecule is CN(c1ccc(Cl)cc1)c1ccnc(Nc2ccc(C(=O)Nc3nc4c(C(N)=O)cccc4[nH]3)cc2)n1. The second-order valence-electron chi connectivity index (χ2n) is 8.08. The number of para-hydroxylation sites is 1. The van der Waals surface area contributed by atoms with Crippen molar-refractivity contribution in [2.24, 2.45) is 5.73 Å². The summed E-state index contributed by atoms with van der Waals surface area (Å²) >= 11 is 5.98. The van der Waals surface area contributed by atoms with Crippen LogP contribution in [-0.2, 0) is 0 Å². The van der Waals surface area contributed by atoms with E-state index in [0.29, 0.717) is 39.1 Å². The Morgan fingerprint density at radius 3 is 2.46 bits per heavy atom. The van der Waals surface area contributed by atoms with Crippen LogP contribution >= 0.6 is 11.6 Å². The van der Waals surface area contributed by atoms with Gasteiger partial charge in [0, 0.05) is 35.2 Å². The molecule has 0 saturated carbocycles. The second kappa shape index (κ2) is 9.96. The Morgan fingerprint density at radius 2 is 1.73 bits per heavy atom. The minimum absolute atomic E-state index is 0.214. The number of benzene rings is 3. The number of fused-ring (bicyclic) bond motifs is 1. The summed E-state index contributed by atoms with van der Waals surface area (Å²) in [6.07, 6.45) is 1.66. The monoisotopic (exact) mass is 512 g/mol. The van der Waals surface area contributed by atoms with Gasteiger partial charge in [-0.15, -0.1) is 0 Å². The summed E-state index contributed by atoms with van der Waals surface area (Å²) < 4.78 is 0. The zero-order valence-electron chi connectivity index (χ0n) is 19.6. The van der Waals surface area contributed by atoms with E-state index >= 15 is 0 Å². The minimum atomic E-state index is -0.593. The normalized spacial score (nSPS) is 10.8. The molecule has 0 aliphatic carbocycles. The first kappa shape index (κ1) is 23.8. The predicted molar refractivity (Wildman–Crippen MR) is 144 cm³/mol. The number of nitrogens with two attached hydrogens (primary N) is 1. The van der Waals surface area contributed by atoms with Crippen molar-refractivity contribution in [3.8, 4) is 0 Å². The van der Waals surface area contributed by atoms with E-state index in [1.165, 1.54) is 0 Å². The number of anilines is 5. The number of halogens is 1. The van der Waals surface area contributed by atoms with E-state index in [-0.39, 0.29) is 17.4 Å². The van der Waals surface area contributed by atoms with Gasteiger partial charge in [0.2, 0.25) is 11.9 Å². The van der Waals surface area contributed by atoms with Crippen molar-refractivity contribution in [1.29, 1.82) is 0 Å². The summed E-state index contributed by atoms with van der Waals surface area (Å²) in [5.74, 6) is 0.355. The van der Waals surface area contributed by atoms with E-state index < -0.39 is 5.91 Å². The van der Waals surface area contributed by atoms with Gasteiger partial charge in [-0.25, -0.2) is 9.97 Å². The average Bonchev–Trinajstić information content (AvgIpc) is 3.31. The van der Waals surface area contributed by atoms with Crippen LogP contribution in [0, 0.1) is 0 Å². The van der Waals surface area contributed by atoms with Gasteiger partial charge in [-0.1, -0.05) is 17.7 Å². The summed E-state index contributed by atoms with van der Waals surface area (Å²) in [7, 11) is 1.90. The lowest BCUT2D eigenvalue weighted by Gasteiger charge is -2.18. The lowest BCUT2D eigenvalue weighted by atomic mass is 10.2. The molecule has 2 heterocycles. The molecular formula is C26H21ClN8O2. The van der Waals surface area contributed by atoms with Gasteiger partial charge < -0.3 is 20.9 Å². The molecule has 0 saturated heterocycles. The maximum Gasteiger partial charge on any atom is 0.257 e. The van der Waals surface area contributed by atoms with Crippen LogP contribution in [0.3, 0.4) is 0 Å². The van der Waals surface area contributed by atoms with Crippen LogP contribution in [0.25, 0.3) is 11.0 Å². The first-order chi connectivity index (χ1) is 17.9. The van der Waals surface area contributed by atoms with Crippen molar-refractivity contribution in [3.63, 3.8) is 0 Å². The standard InChI is InChI=1S/C26H21ClN8O2/c1-35(18-11-7-16(27)8-12-18)21-13-14-29-25(32-21)30-17-9-5-15(6-10-17)24(37)34-26-31-20-4-2-3-19(23(28)36)22(20)33-26/h2-14H,1H3,(H2,28,36)(H,29,30,32)(H2,31,33,34,37). The van der Waals surface area contributed by atoms with E-state index in [9.17, 15) is 9.59 Å². The maximum atomic E-state index is 12.7. The van der Waals surface area contributed by atoms with Crippen molar-refractivity contribution >= 4 is 63.5 Å². The Morgan fingerprint density at radius 1 is 0.973 bits per heavy atom. The van der Waals surface area contributed by atoms with Crippen molar-refractivity contribution in [1.82, 2.24) is 19.9 Å². The van der Waals surface area contributed by atoms with Gasteiger partial charge in [0.25, 0.3) is 11.8 Å². The highest BCUT2D eigenvalue weighted by Crippen LogP contribution is 2.25. The number of H-pyrrole nitrogens is 1. The third-order valence-corrected chi connectivity index (χ3v) is 5.86. The van der Waals surface area contributed by atoms with Crippen LogP contribution in [0.4, 0.5) is 29.1 Å². The molecule has 2 amide bonds. The Hall–Kier alpha value is -4.96. The minimum Gasteiger partial charge on any atom is -0.366 e. The zero-order chi connectivity index (χ0) is 25.9. The highest BCUT2D eigenvalue weighted by atomic mass is 35.5. The Balaban J connectivity index is 1.27. The van der Waals surface area contributed by atoms with Gasteiger partial charge in [0.1, 0.15) is 11.3 Å². The molecule has 37 heavy (non-hydrogen) atoms. The molecule has 0 aliphatic heterocycles. The smallest absolute Gasteiger partial charge is 0.257 e. The first-order valence-corrected chi connectivity index (χ1v) is 11.5. The van der Waals surface area contributed by atoms with Gasteiger partial charge in [-0.2, -0.15) is 4.98 Å². The number of hydrogen-bond acceptors (Lipinski definition) is 7. The molecule has 5 aromatic rings. The molecule has 0 aliphatic rings. The topological polar surface area (TPSA) is 142 Å². The van der Waals surface area contributed by atoms with Crippen molar-refractivity contribution in [2.45, 2.75) is 0 Å². The molecule has 5 N–H and O–H groups in total. The van der Waals surface area contributed by atoms with Crippen LogP contribution in [0.2, 0.25) is 5.02 Å². The van der Waals surface area contributed by atoms with Crippen molar-refractivity contribution in [2.75, 3.05) is 22.6 Å². The molecule has 0 spiro atoms. The quantitative estimate of drug-likeness (QED) is 0.243. The van der Waals surface area contributed by atoms with Crippen molar-refractivity contribution < 1.29 is 9.59 Å². The van der Waals surface area contributed by atoms with Crippen LogP contribution in [-0.4, -0.2) is 38.8 Å². The molecule has 0 bridgehead atoms.